The molecule has 5 rings (SSSR count). The van der Waals surface area contributed by atoms with Crippen LogP contribution in [0.1, 0.15) is 0 Å². The van der Waals surface area contributed by atoms with Crippen LogP contribution in [0.2, 0.25) is 5.02 Å². The highest BCUT2D eigenvalue weighted by Crippen LogP contribution is 2.52. The van der Waals surface area contributed by atoms with Crippen molar-refractivity contribution in [2.24, 2.45) is 0 Å². The van der Waals surface area contributed by atoms with E-state index in [0.717, 1.165) is 28.3 Å². The third kappa shape index (κ3) is 1.65. The van der Waals surface area contributed by atoms with E-state index in [2.05, 4.69) is 24.3 Å². The molecule has 22 heavy (non-hydrogen) atoms. The maximum Gasteiger partial charge on any atom is 0.141 e. The number of fused-ring (bicyclic) bond motifs is 4. The molecule has 3 aromatic carbocycles. The largest absolute Gasteiger partial charge is 0.456 e. The predicted molar refractivity (Wildman–Crippen MR) is 90.3 cm³/mol. The van der Waals surface area contributed by atoms with Gasteiger partial charge >= 0.3 is 0 Å². The standard InChI is InChI=1S/C18H10ClO2P/c19-11-9-14-18-15(10-11)21-13-6-2-4-8-17(13)22(18)16-7-3-1-5-12(16)20-14/h1-10H. The van der Waals surface area contributed by atoms with Crippen LogP contribution in [0.3, 0.4) is 0 Å². The van der Waals surface area contributed by atoms with Gasteiger partial charge < -0.3 is 9.47 Å². The molecule has 0 unspecified atom stereocenters. The molecule has 0 saturated carbocycles. The molecule has 0 atom stereocenters. The fourth-order valence-corrected chi connectivity index (χ4v) is 5.74. The summed E-state index contributed by atoms with van der Waals surface area (Å²) in [7, 11) is -0.672. The van der Waals surface area contributed by atoms with Crippen LogP contribution >= 0.6 is 19.5 Å². The van der Waals surface area contributed by atoms with E-state index in [1.807, 2.05) is 36.4 Å². The third-order valence-electron chi connectivity index (χ3n) is 3.88. The van der Waals surface area contributed by atoms with Gasteiger partial charge in [0.2, 0.25) is 0 Å². The zero-order chi connectivity index (χ0) is 14.7. The predicted octanol–water partition coefficient (Wildman–Crippen LogP) is 4.31. The first kappa shape index (κ1) is 12.5. The number of ether oxygens (including phenoxy) is 2. The Kier molecular flexibility index (Phi) is 2.55. The zero-order valence-electron chi connectivity index (χ0n) is 11.4. The van der Waals surface area contributed by atoms with Crippen LogP contribution in [0.4, 0.5) is 0 Å². The van der Waals surface area contributed by atoms with Crippen LogP contribution in [-0.2, 0) is 0 Å². The summed E-state index contributed by atoms with van der Waals surface area (Å²) in [4.78, 5) is 0. The van der Waals surface area contributed by atoms with E-state index in [9.17, 15) is 0 Å². The molecule has 2 aliphatic heterocycles. The van der Waals surface area contributed by atoms with Crippen LogP contribution in [0.25, 0.3) is 0 Å². The van der Waals surface area contributed by atoms with Gasteiger partial charge in [-0.3, -0.25) is 0 Å². The Morgan fingerprint density at radius 3 is 1.73 bits per heavy atom. The Balaban J connectivity index is 1.88. The summed E-state index contributed by atoms with van der Waals surface area (Å²) in [6.45, 7) is 0. The number of rotatable bonds is 0. The van der Waals surface area contributed by atoms with Crippen molar-refractivity contribution in [2.75, 3.05) is 0 Å². The first-order chi connectivity index (χ1) is 10.8. The molecule has 0 bridgehead atoms. The summed E-state index contributed by atoms with van der Waals surface area (Å²) in [6, 6.07) is 20.2. The van der Waals surface area contributed by atoms with E-state index < -0.39 is 7.92 Å². The minimum atomic E-state index is -0.672. The van der Waals surface area contributed by atoms with Crippen molar-refractivity contribution in [3.8, 4) is 23.0 Å². The normalized spacial score (nSPS) is 14.2. The van der Waals surface area contributed by atoms with E-state index >= 15 is 0 Å². The fraction of sp³-hybridized carbons (Fsp3) is 0. The Morgan fingerprint density at radius 1 is 0.682 bits per heavy atom. The van der Waals surface area contributed by atoms with Crippen LogP contribution in [-0.4, -0.2) is 0 Å². The molecule has 0 spiro atoms. The second-order valence-electron chi connectivity index (χ2n) is 5.23. The lowest BCUT2D eigenvalue weighted by Crippen LogP contribution is -2.31. The summed E-state index contributed by atoms with van der Waals surface area (Å²) in [5.74, 6) is 3.43. The van der Waals surface area contributed by atoms with Gasteiger partial charge in [0.1, 0.15) is 23.0 Å². The molecule has 0 amide bonds. The van der Waals surface area contributed by atoms with Gasteiger partial charge in [-0.05, 0) is 12.1 Å². The molecular formula is C18H10ClO2P. The number of hydrogen-bond donors (Lipinski definition) is 0. The molecule has 106 valence electrons. The van der Waals surface area contributed by atoms with Gasteiger partial charge in [0, 0.05) is 35.7 Å². The lowest BCUT2D eigenvalue weighted by Gasteiger charge is -2.34. The van der Waals surface area contributed by atoms with Crippen molar-refractivity contribution in [3.05, 3.63) is 65.7 Å². The van der Waals surface area contributed by atoms with Gasteiger partial charge in [-0.15, -0.1) is 0 Å². The molecule has 0 aliphatic carbocycles. The highest BCUT2D eigenvalue weighted by atomic mass is 35.5. The second-order valence-corrected chi connectivity index (χ2v) is 7.74. The van der Waals surface area contributed by atoms with Gasteiger partial charge in [-0.1, -0.05) is 48.0 Å². The van der Waals surface area contributed by atoms with E-state index in [0.29, 0.717) is 5.02 Å². The van der Waals surface area contributed by atoms with Crippen molar-refractivity contribution < 1.29 is 9.47 Å². The SMILES string of the molecule is Clc1cc2c3c(c1)Oc1ccccc1P3c1ccccc1O2. The molecule has 2 nitrogen and oxygen atoms in total. The highest BCUT2D eigenvalue weighted by Gasteiger charge is 2.36. The first-order valence-corrected chi connectivity index (χ1v) is 8.71. The van der Waals surface area contributed by atoms with E-state index in [1.54, 1.807) is 0 Å². The van der Waals surface area contributed by atoms with Gasteiger partial charge in [0.15, 0.2) is 0 Å². The van der Waals surface area contributed by atoms with Crippen molar-refractivity contribution in [1.82, 2.24) is 0 Å². The van der Waals surface area contributed by atoms with Crippen molar-refractivity contribution in [3.63, 3.8) is 0 Å². The molecule has 0 aromatic heterocycles. The van der Waals surface area contributed by atoms with Gasteiger partial charge in [-0.25, -0.2) is 0 Å². The highest BCUT2D eigenvalue weighted by molar-refractivity contribution is 7.80. The molecule has 3 aromatic rings. The average molecular weight is 325 g/mol. The molecule has 4 heteroatoms. The number of halogens is 1. The summed E-state index contributed by atoms with van der Waals surface area (Å²) in [5, 5.41) is 4.20. The molecular weight excluding hydrogens is 315 g/mol. The Labute approximate surface area is 134 Å². The monoisotopic (exact) mass is 324 g/mol. The van der Waals surface area contributed by atoms with Crippen molar-refractivity contribution >= 4 is 35.4 Å². The average Bonchev–Trinajstić information content (AvgIpc) is 2.54. The molecule has 2 heterocycles. The summed E-state index contributed by atoms with van der Waals surface area (Å²) in [5.41, 5.74) is 0. The molecule has 0 saturated heterocycles. The third-order valence-corrected chi connectivity index (χ3v) is 6.69. The number of benzene rings is 3. The van der Waals surface area contributed by atoms with E-state index in [1.165, 1.54) is 10.6 Å². The number of para-hydroxylation sites is 2. The fourth-order valence-electron chi connectivity index (χ4n) is 2.99. The Bertz CT molecular complexity index is 852. The minimum Gasteiger partial charge on any atom is -0.456 e. The topological polar surface area (TPSA) is 18.5 Å². The molecule has 0 fully saturated rings. The van der Waals surface area contributed by atoms with Crippen LogP contribution in [0.15, 0.2) is 60.7 Å². The Morgan fingerprint density at radius 2 is 1.18 bits per heavy atom. The summed E-state index contributed by atoms with van der Waals surface area (Å²) < 4.78 is 12.1. The van der Waals surface area contributed by atoms with Crippen molar-refractivity contribution in [1.29, 1.82) is 0 Å². The van der Waals surface area contributed by atoms with E-state index in [4.69, 9.17) is 21.1 Å². The van der Waals surface area contributed by atoms with Crippen molar-refractivity contribution in [2.45, 2.75) is 0 Å². The molecule has 0 N–H and O–H groups in total. The van der Waals surface area contributed by atoms with Crippen LogP contribution in [0, 0.1) is 0 Å². The molecule has 0 radical (unpaired) electrons. The van der Waals surface area contributed by atoms with E-state index in [-0.39, 0.29) is 0 Å². The lowest BCUT2D eigenvalue weighted by atomic mass is 10.2. The van der Waals surface area contributed by atoms with Gasteiger partial charge in [0.25, 0.3) is 0 Å². The number of hydrogen-bond acceptors (Lipinski definition) is 2. The smallest absolute Gasteiger partial charge is 0.141 e. The quantitative estimate of drug-likeness (QED) is 0.395. The maximum atomic E-state index is 6.23. The zero-order valence-corrected chi connectivity index (χ0v) is 13.1. The van der Waals surface area contributed by atoms with Gasteiger partial charge in [-0.2, -0.15) is 0 Å². The van der Waals surface area contributed by atoms with Gasteiger partial charge in [0.05, 0.1) is 5.30 Å². The Hall–Kier alpha value is -2.02. The lowest BCUT2D eigenvalue weighted by molar-refractivity contribution is 0.466. The second kappa shape index (κ2) is 4.49. The van der Waals surface area contributed by atoms with Crippen LogP contribution < -0.4 is 25.4 Å². The maximum absolute atomic E-state index is 6.23. The summed E-state index contributed by atoms with van der Waals surface area (Å²) >= 11 is 6.23. The minimum absolute atomic E-state index is 0.627. The summed E-state index contributed by atoms with van der Waals surface area (Å²) in [6.07, 6.45) is 0. The first-order valence-electron chi connectivity index (χ1n) is 6.99. The molecule has 2 aliphatic rings. The van der Waals surface area contributed by atoms with Crippen LogP contribution in [0.5, 0.6) is 23.0 Å².